The molecule has 0 amide bonds. The Balaban J connectivity index is 0.840. The molecule has 4 heteroatoms. The van der Waals surface area contributed by atoms with Crippen molar-refractivity contribution >= 4 is 43.1 Å². The maximum atomic E-state index is 10.4. The van der Waals surface area contributed by atoms with Gasteiger partial charge < -0.3 is 0 Å². The molecule has 0 N–H and O–H groups in total. The normalized spacial score (nSPS) is 11.3. The lowest BCUT2D eigenvalue weighted by Crippen LogP contribution is -2.00. The van der Waals surface area contributed by atoms with E-state index in [1.54, 1.807) is 0 Å². The van der Waals surface area contributed by atoms with Gasteiger partial charge in [0.25, 0.3) is 0 Å². The highest BCUT2D eigenvalue weighted by Crippen LogP contribution is 2.41. The van der Waals surface area contributed by atoms with Gasteiger partial charge in [0.2, 0.25) is 0 Å². The SMILES string of the molecule is N#Cc1ccc(-c2cccc(-c3nc(-c4ccccc4)nc(-c4cccc(-c5ccc6ccccc6c5)c4)n3)c2)cc1-c1ccc(-c2ccccc2-c2ccc3c4ccccc4c4ccccc4c3c2)cc1. The maximum absolute atomic E-state index is 10.4. The average molecular weight is 915 g/mol. The highest BCUT2D eigenvalue weighted by Gasteiger charge is 2.17. The summed E-state index contributed by atoms with van der Waals surface area (Å²) >= 11 is 0. The molecule has 12 aromatic carbocycles. The van der Waals surface area contributed by atoms with Crippen molar-refractivity contribution in [2.24, 2.45) is 0 Å². The van der Waals surface area contributed by atoms with Crippen molar-refractivity contribution in [1.29, 1.82) is 5.26 Å². The van der Waals surface area contributed by atoms with E-state index in [9.17, 15) is 5.26 Å². The monoisotopic (exact) mass is 914 g/mol. The zero-order valence-electron chi connectivity index (χ0n) is 39.0. The molecule has 13 rings (SSSR count). The number of nitriles is 1. The Morgan fingerprint density at radius 3 is 1.28 bits per heavy atom. The van der Waals surface area contributed by atoms with E-state index in [2.05, 4.69) is 206 Å². The largest absolute Gasteiger partial charge is 0.208 e. The summed E-state index contributed by atoms with van der Waals surface area (Å²) in [7, 11) is 0. The fourth-order valence-corrected chi connectivity index (χ4v) is 10.3. The summed E-state index contributed by atoms with van der Waals surface area (Å²) in [5.41, 5.74) is 13.9. The predicted molar refractivity (Wildman–Crippen MR) is 298 cm³/mol. The molecule has 0 atom stereocenters. The average Bonchev–Trinajstić information content (AvgIpc) is 3.47. The summed E-state index contributed by atoms with van der Waals surface area (Å²) in [4.78, 5) is 15.3. The minimum Gasteiger partial charge on any atom is -0.208 e. The molecule has 0 unspecified atom stereocenters. The van der Waals surface area contributed by atoms with Gasteiger partial charge in [-0.25, -0.2) is 15.0 Å². The lowest BCUT2D eigenvalue weighted by Gasteiger charge is -2.15. The van der Waals surface area contributed by atoms with E-state index in [-0.39, 0.29) is 0 Å². The van der Waals surface area contributed by atoms with Crippen molar-refractivity contribution in [2.45, 2.75) is 0 Å². The fraction of sp³-hybridized carbons (Fsp3) is 0. The van der Waals surface area contributed by atoms with Crippen LogP contribution < -0.4 is 0 Å². The molecule has 0 saturated heterocycles. The van der Waals surface area contributed by atoms with Crippen LogP contribution in [0.25, 0.3) is 133 Å². The van der Waals surface area contributed by atoms with Gasteiger partial charge in [-0.15, -0.1) is 0 Å². The topological polar surface area (TPSA) is 62.5 Å². The fourth-order valence-electron chi connectivity index (χ4n) is 10.3. The van der Waals surface area contributed by atoms with E-state index >= 15 is 0 Å². The summed E-state index contributed by atoms with van der Waals surface area (Å²) < 4.78 is 0. The second kappa shape index (κ2) is 17.9. The van der Waals surface area contributed by atoms with Crippen LogP contribution in [-0.4, -0.2) is 15.0 Å². The number of hydrogen-bond acceptors (Lipinski definition) is 4. The minimum absolute atomic E-state index is 0.576. The number of nitrogens with zero attached hydrogens (tertiary/aromatic N) is 4. The molecule has 0 spiro atoms. The van der Waals surface area contributed by atoms with Crippen molar-refractivity contribution in [1.82, 2.24) is 15.0 Å². The summed E-state index contributed by atoms with van der Waals surface area (Å²) in [6.45, 7) is 0. The number of fused-ring (bicyclic) bond motifs is 7. The van der Waals surface area contributed by atoms with Crippen molar-refractivity contribution in [3.63, 3.8) is 0 Å². The van der Waals surface area contributed by atoms with E-state index in [0.717, 1.165) is 61.2 Å². The Hall–Kier alpha value is -9.82. The van der Waals surface area contributed by atoms with Gasteiger partial charge in [-0.2, -0.15) is 5.26 Å². The smallest absolute Gasteiger partial charge is 0.164 e. The van der Waals surface area contributed by atoms with Crippen molar-refractivity contribution in [2.75, 3.05) is 0 Å². The third-order valence-electron chi connectivity index (χ3n) is 14.0. The summed E-state index contributed by atoms with van der Waals surface area (Å²) in [5, 5.41) is 20.4. The minimum atomic E-state index is 0.576. The van der Waals surface area contributed by atoms with Crippen LogP contribution in [0.2, 0.25) is 0 Å². The molecular formula is C68H42N4. The van der Waals surface area contributed by atoms with Crippen LogP contribution in [0, 0.1) is 11.3 Å². The molecular weight excluding hydrogens is 873 g/mol. The van der Waals surface area contributed by atoms with Gasteiger partial charge in [0.15, 0.2) is 17.5 Å². The quantitative estimate of drug-likeness (QED) is 0.143. The lowest BCUT2D eigenvalue weighted by molar-refractivity contribution is 1.07. The van der Waals surface area contributed by atoms with Crippen LogP contribution in [-0.2, 0) is 0 Å². The first-order chi connectivity index (χ1) is 35.6. The Labute approximate surface area is 417 Å². The van der Waals surface area contributed by atoms with Gasteiger partial charge in [0.1, 0.15) is 0 Å². The van der Waals surface area contributed by atoms with Crippen molar-refractivity contribution in [3.05, 3.63) is 260 Å². The molecule has 0 saturated carbocycles. The highest BCUT2D eigenvalue weighted by atomic mass is 15.0. The third-order valence-corrected chi connectivity index (χ3v) is 14.0. The molecule has 0 fully saturated rings. The van der Waals surface area contributed by atoms with Gasteiger partial charge in [-0.05, 0) is 130 Å². The first-order valence-electron chi connectivity index (χ1n) is 24.2. The van der Waals surface area contributed by atoms with E-state index < -0.39 is 0 Å². The number of rotatable bonds is 8. The van der Waals surface area contributed by atoms with Crippen LogP contribution in [0.5, 0.6) is 0 Å². The lowest BCUT2D eigenvalue weighted by atomic mass is 9.89. The molecule has 0 radical (unpaired) electrons. The van der Waals surface area contributed by atoms with E-state index in [1.807, 2.05) is 54.6 Å². The van der Waals surface area contributed by atoms with Gasteiger partial charge >= 0.3 is 0 Å². The van der Waals surface area contributed by atoms with Crippen LogP contribution in [0.3, 0.4) is 0 Å². The number of hydrogen-bond donors (Lipinski definition) is 0. The second-order valence-corrected chi connectivity index (χ2v) is 18.2. The molecule has 13 aromatic rings. The predicted octanol–water partition coefficient (Wildman–Crippen LogP) is 17.7. The maximum Gasteiger partial charge on any atom is 0.164 e. The van der Waals surface area contributed by atoms with E-state index in [1.165, 1.54) is 54.2 Å². The first-order valence-corrected chi connectivity index (χ1v) is 24.2. The van der Waals surface area contributed by atoms with Crippen molar-refractivity contribution < 1.29 is 0 Å². The highest BCUT2D eigenvalue weighted by molar-refractivity contribution is 6.25. The third kappa shape index (κ3) is 7.72. The number of aromatic nitrogens is 3. The van der Waals surface area contributed by atoms with Gasteiger partial charge in [0.05, 0.1) is 11.6 Å². The van der Waals surface area contributed by atoms with Gasteiger partial charge in [-0.3, -0.25) is 0 Å². The molecule has 334 valence electrons. The molecule has 72 heavy (non-hydrogen) atoms. The van der Waals surface area contributed by atoms with E-state index in [0.29, 0.717) is 23.0 Å². The van der Waals surface area contributed by atoms with Gasteiger partial charge in [0, 0.05) is 22.3 Å². The van der Waals surface area contributed by atoms with Crippen LogP contribution >= 0.6 is 0 Å². The Bertz CT molecular complexity index is 4250. The number of benzene rings is 12. The molecule has 0 aliphatic heterocycles. The molecule has 1 heterocycles. The second-order valence-electron chi connectivity index (χ2n) is 18.2. The molecule has 0 bridgehead atoms. The molecule has 4 nitrogen and oxygen atoms in total. The Morgan fingerprint density at radius 1 is 0.236 bits per heavy atom. The zero-order valence-corrected chi connectivity index (χ0v) is 39.0. The standard InChI is InChI=1S/C68H42N4/c69-43-56-35-34-52(41-64(56)46-31-29-45(30-32-46)57-22-6-7-23-58(57)53-36-37-63-61-26-9-8-24-59(61)60-25-10-11-27-62(60)65(63)42-53)50-19-13-21-55(40-50)68-71-66(47-15-2-1-3-16-47)70-67(72-68)54-20-12-18-49(39-54)51-33-28-44-14-4-5-17-48(44)38-51/h1-42H. The zero-order chi connectivity index (χ0) is 48.0. The van der Waals surface area contributed by atoms with Gasteiger partial charge in [-0.1, -0.05) is 218 Å². The molecule has 0 aliphatic carbocycles. The van der Waals surface area contributed by atoms with E-state index in [4.69, 9.17) is 15.0 Å². The summed E-state index contributed by atoms with van der Waals surface area (Å²) in [5.74, 6) is 1.77. The molecule has 1 aromatic heterocycles. The van der Waals surface area contributed by atoms with Crippen LogP contribution in [0.1, 0.15) is 5.56 Å². The Morgan fingerprint density at radius 2 is 0.653 bits per heavy atom. The van der Waals surface area contributed by atoms with Crippen molar-refractivity contribution in [3.8, 4) is 95.9 Å². The van der Waals surface area contributed by atoms with Crippen LogP contribution in [0.15, 0.2) is 255 Å². The summed E-state index contributed by atoms with van der Waals surface area (Å²) in [6.07, 6.45) is 0. The van der Waals surface area contributed by atoms with Crippen LogP contribution in [0.4, 0.5) is 0 Å². The Kier molecular flexibility index (Phi) is 10.5. The molecule has 0 aliphatic rings. The first kappa shape index (κ1) is 42.3. The summed E-state index contributed by atoms with van der Waals surface area (Å²) in [6, 6.07) is 91.9.